The Bertz CT molecular complexity index is 1010. The maximum Gasteiger partial charge on any atom is 0.229 e. The molecule has 0 fully saturated rings. The standard InChI is InChI=1S/C22H22FN5/c1-2-12-25-21-18(11-10-16-6-3-4-7-17(16)14-24)15-26-22(28-21)27-20-9-5-8-19(23)13-20/h3-9,13,15H,2,12,14,24H2,1H3,(H2,25,26,27,28). The van der Waals surface area contributed by atoms with E-state index < -0.39 is 0 Å². The molecule has 0 amide bonds. The number of hydrogen-bond acceptors (Lipinski definition) is 5. The van der Waals surface area contributed by atoms with Crippen molar-refractivity contribution in [3.8, 4) is 11.8 Å². The number of nitrogens with one attached hydrogen (secondary N) is 2. The van der Waals surface area contributed by atoms with Gasteiger partial charge in [0.05, 0.1) is 11.8 Å². The molecule has 3 aromatic rings. The van der Waals surface area contributed by atoms with Crippen molar-refractivity contribution in [1.29, 1.82) is 0 Å². The highest BCUT2D eigenvalue weighted by Gasteiger charge is 2.06. The molecule has 0 saturated carbocycles. The fourth-order valence-electron chi connectivity index (χ4n) is 2.56. The molecule has 0 bridgehead atoms. The summed E-state index contributed by atoms with van der Waals surface area (Å²) in [6.07, 6.45) is 2.60. The highest BCUT2D eigenvalue weighted by molar-refractivity contribution is 5.60. The maximum absolute atomic E-state index is 13.4. The molecule has 2 aromatic carbocycles. The first kappa shape index (κ1) is 19.3. The topological polar surface area (TPSA) is 75.9 Å². The Morgan fingerprint density at radius 3 is 2.68 bits per heavy atom. The second-order valence-electron chi connectivity index (χ2n) is 6.13. The second kappa shape index (κ2) is 9.49. The smallest absolute Gasteiger partial charge is 0.229 e. The van der Waals surface area contributed by atoms with Crippen LogP contribution in [0.3, 0.4) is 0 Å². The molecular weight excluding hydrogens is 353 g/mol. The Balaban J connectivity index is 1.90. The molecule has 0 spiro atoms. The molecule has 6 heteroatoms. The summed E-state index contributed by atoms with van der Waals surface area (Å²) in [4.78, 5) is 8.82. The number of rotatable bonds is 6. The molecule has 0 saturated heterocycles. The van der Waals surface area contributed by atoms with Crippen LogP contribution < -0.4 is 16.4 Å². The monoisotopic (exact) mass is 375 g/mol. The highest BCUT2D eigenvalue weighted by atomic mass is 19.1. The molecule has 0 radical (unpaired) electrons. The molecule has 142 valence electrons. The van der Waals surface area contributed by atoms with Crippen molar-refractivity contribution in [3.05, 3.63) is 77.2 Å². The van der Waals surface area contributed by atoms with Crippen LogP contribution in [0, 0.1) is 17.7 Å². The summed E-state index contributed by atoms with van der Waals surface area (Å²) in [7, 11) is 0. The summed E-state index contributed by atoms with van der Waals surface area (Å²) in [6, 6.07) is 13.9. The number of hydrogen-bond donors (Lipinski definition) is 3. The van der Waals surface area contributed by atoms with Gasteiger partial charge in [0.15, 0.2) is 0 Å². The van der Waals surface area contributed by atoms with E-state index in [1.807, 2.05) is 24.3 Å². The van der Waals surface area contributed by atoms with Gasteiger partial charge in [0.1, 0.15) is 11.6 Å². The van der Waals surface area contributed by atoms with E-state index in [4.69, 9.17) is 5.73 Å². The number of anilines is 3. The molecule has 3 rings (SSSR count). The lowest BCUT2D eigenvalue weighted by Gasteiger charge is -2.10. The van der Waals surface area contributed by atoms with E-state index in [1.165, 1.54) is 12.1 Å². The lowest BCUT2D eigenvalue weighted by atomic mass is 10.1. The molecule has 1 aromatic heterocycles. The fourth-order valence-corrected chi connectivity index (χ4v) is 2.56. The van der Waals surface area contributed by atoms with Crippen LogP contribution in [0.25, 0.3) is 0 Å². The number of nitrogens with zero attached hydrogens (tertiary/aromatic N) is 2. The van der Waals surface area contributed by atoms with Gasteiger partial charge in [-0.15, -0.1) is 0 Å². The van der Waals surface area contributed by atoms with Crippen molar-refractivity contribution in [3.63, 3.8) is 0 Å². The van der Waals surface area contributed by atoms with Crippen LogP contribution in [-0.4, -0.2) is 16.5 Å². The summed E-state index contributed by atoms with van der Waals surface area (Å²) in [5.74, 6) is 6.97. The number of benzene rings is 2. The van der Waals surface area contributed by atoms with Gasteiger partial charge < -0.3 is 16.4 Å². The van der Waals surface area contributed by atoms with Gasteiger partial charge in [-0.2, -0.15) is 4.98 Å². The number of nitrogens with two attached hydrogens (primary N) is 1. The van der Waals surface area contributed by atoms with Crippen molar-refractivity contribution in [2.75, 3.05) is 17.2 Å². The van der Waals surface area contributed by atoms with Gasteiger partial charge in [-0.1, -0.05) is 43.0 Å². The zero-order valence-corrected chi connectivity index (χ0v) is 15.7. The third-order valence-electron chi connectivity index (χ3n) is 3.98. The largest absolute Gasteiger partial charge is 0.369 e. The van der Waals surface area contributed by atoms with Gasteiger partial charge in [0.2, 0.25) is 5.95 Å². The molecule has 5 nitrogen and oxygen atoms in total. The molecule has 0 atom stereocenters. The summed E-state index contributed by atoms with van der Waals surface area (Å²) in [5, 5.41) is 6.29. The number of aromatic nitrogens is 2. The highest BCUT2D eigenvalue weighted by Crippen LogP contribution is 2.18. The van der Waals surface area contributed by atoms with Crippen LogP contribution in [0.2, 0.25) is 0 Å². The summed E-state index contributed by atoms with van der Waals surface area (Å²) in [5.41, 5.74) is 8.92. The molecule has 28 heavy (non-hydrogen) atoms. The second-order valence-corrected chi connectivity index (χ2v) is 6.13. The first-order chi connectivity index (χ1) is 13.7. The molecule has 1 heterocycles. The van der Waals surface area contributed by atoms with Crippen LogP contribution in [0.15, 0.2) is 54.7 Å². The van der Waals surface area contributed by atoms with E-state index >= 15 is 0 Å². The zero-order chi connectivity index (χ0) is 19.8. The molecule has 4 N–H and O–H groups in total. The average Bonchev–Trinajstić information content (AvgIpc) is 2.71. The Hall–Kier alpha value is -3.43. The van der Waals surface area contributed by atoms with Gasteiger partial charge in [-0.25, -0.2) is 9.37 Å². The normalized spacial score (nSPS) is 10.1. The minimum atomic E-state index is -0.324. The summed E-state index contributed by atoms with van der Waals surface area (Å²) in [6.45, 7) is 3.26. The quantitative estimate of drug-likeness (QED) is 0.567. The first-order valence-corrected chi connectivity index (χ1v) is 9.13. The average molecular weight is 375 g/mol. The predicted octanol–water partition coefficient (Wildman–Crippen LogP) is 4.04. The van der Waals surface area contributed by atoms with E-state index in [0.717, 1.165) is 24.1 Å². The van der Waals surface area contributed by atoms with Crippen LogP contribution >= 0.6 is 0 Å². The van der Waals surface area contributed by atoms with Crippen LogP contribution in [0.4, 0.5) is 21.8 Å². The molecular formula is C22H22FN5. The van der Waals surface area contributed by atoms with E-state index in [2.05, 4.69) is 39.4 Å². The molecule has 0 aliphatic heterocycles. The minimum Gasteiger partial charge on any atom is -0.369 e. The molecule has 0 aliphatic rings. The maximum atomic E-state index is 13.4. The molecule has 0 unspecified atom stereocenters. The van der Waals surface area contributed by atoms with Crippen LogP contribution in [-0.2, 0) is 6.54 Å². The lowest BCUT2D eigenvalue weighted by molar-refractivity contribution is 0.628. The van der Waals surface area contributed by atoms with Gasteiger partial charge in [0, 0.05) is 24.3 Å². The summed E-state index contributed by atoms with van der Waals surface area (Å²) < 4.78 is 13.4. The Morgan fingerprint density at radius 2 is 1.89 bits per heavy atom. The Morgan fingerprint density at radius 1 is 1.07 bits per heavy atom. The van der Waals surface area contributed by atoms with Crippen molar-refractivity contribution >= 4 is 17.5 Å². The van der Waals surface area contributed by atoms with E-state index in [-0.39, 0.29) is 5.82 Å². The van der Waals surface area contributed by atoms with Crippen LogP contribution in [0.5, 0.6) is 0 Å². The van der Waals surface area contributed by atoms with E-state index in [9.17, 15) is 4.39 Å². The van der Waals surface area contributed by atoms with Gasteiger partial charge in [-0.05, 0) is 36.2 Å². The van der Waals surface area contributed by atoms with Crippen LogP contribution in [0.1, 0.15) is 30.0 Å². The third-order valence-corrected chi connectivity index (χ3v) is 3.98. The van der Waals surface area contributed by atoms with Crippen molar-refractivity contribution in [2.24, 2.45) is 5.73 Å². The van der Waals surface area contributed by atoms with Gasteiger partial charge in [0.25, 0.3) is 0 Å². The first-order valence-electron chi connectivity index (χ1n) is 9.13. The van der Waals surface area contributed by atoms with Crippen molar-refractivity contribution in [1.82, 2.24) is 9.97 Å². The number of halogens is 1. The van der Waals surface area contributed by atoms with Crippen molar-refractivity contribution in [2.45, 2.75) is 19.9 Å². The van der Waals surface area contributed by atoms with Gasteiger partial charge in [-0.3, -0.25) is 0 Å². The predicted molar refractivity (Wildman–Crippen MR) is 111 cm³/mol. The molecule has 0 aliphatic carbocycles. The van der Waals surface area contributed by atoms with E-state index in [1.54, 1.807) is 18.3 Å². The SMILES string of the molecule is CCCNc1nc(Nc2cccc(F)c2)ncc1C#Cc1ccccc1CN. The van der Waals surface area contributed by atoms with Crippen molar-refractivity contribution < 1.29 is 4.39 Å². The fraction of sp³-hybridized carbons (Fsp3) is 0.182. The lowest BCUT2D eigenvalue weighted by Crippen LogP contribution is -2.07. The third kappa shape index (κ3) is 5.06. The van der Waals surface area contributed by atoms with E-state index in [0.29, 0.717) is 29.6 Å². The zero-order valence-electron chi connectivity index (χ0n) is 15.7. The minimum absolute atomic E-state index is 0.324. The summed E-state index contributed by atoms with van der Waals surface area (Å²) >= 11 is 0. The Kier molecular flexibility index (Phi) is 6.55. The Labute approximate surface area is 164 Å². The van der Waals surface area contributed by atoms with Gasteiger partial charge >= 0.3 is 0 Å².